The molecule has 6 N–H and O–H groups in total. The molecule has 0 heterocycles. The summed E-state index contributed by atoms with van der Waals surface area (Å²) in [5.74, 6) is -2.42. The number of hydrogen-bond donors (Lipinski definition) is 3. The molecule has 0 aliphatic rings. The van der Waals surface area contributed by atoms with Crippen molar-refractivity contribution in [3.05, 3.63) is 0 Å². The zero-order valence-electron chi connectivity index (χ0n) is 5.39. The molecule has 0 aromatic heterocycles. The van der Waals surface area contributed by atoms with Gasteiger partial charge in [-0.2, -0.15) is 8.42 Å². The minimum absolute atomic E-state index is 0. The Morgan fingerprint density at radius 1 is 1.55 bits per heavy atom. The van der Waals surface area contributed by atoms with Gasteiger partial charge >= 0.3 is 5.97 Å². The van der Waals surface area contributed by atoms with Crippen LogP contribution in [0.15, 0.2) is 0 Å². The molecule has 0 bridgehead atoms. The van der Waals surface area contributed by atoms with Crippen molar-refractivity contribution in [2.24, 2.45) is 5.73 Å². The molecule has 0 rings (SSSR count). The normalized spacial score (nSPS) is 13.3. The maximum absolute atomic E-state index is 9.96. The average Bonchev–Trinajstić information content (AvgIpc) is 1.60. The van der Waals surface area contributed by atoms with E-state index < -0.39 is 27.9 Å². The van der Waals surface area contributed by atoms with Gasteiger partial charge in [0, 0.05) is 0 Å². The number of hydrogen-bond acceptors (Lipinski definition) is 4. The first-order valence-electron chi connectivity index (χ1n) is 2.26. The monoisotopic (exact) mass is 187 g/mol. The van der Waals surface area contributed by atoms with Gasteiger partial charge in [-0.25, -0.2) is 0 Å². The van der Waals surface area contributed by atoms with Crippen molar-refractivity contribution in [2.45, 2.75) is 6.04 Å². The van der Waals surface area contributed by atoms with Crippen molar-refractivity contribution in [1.29, 1.82) is 0 Å². The highest BCUT2D eigenvalue weighted by atomic mass is 32.2. The van der Waals surface area contributed by atoms with Crippen LogP contribution in [-0.2, 0) is 14.9 Å². The van der Waals surface area contributed by atoms with Crippen molar-refractivity contribution in [2.75, 3.05) is 5.75 Å². The van der Waals surface area contributed by atoms with Crippen LogP contribution >= 0.6 is 0 Å². The summed E-state index contributed by atoms with van der Waals surface area (Å²) in [5.41, 5.74) is 4.76. The molecule has 0 amide bonds. The Labute approximate surface area is 62.9 Å². The van der Waals surface area contributed by atoms with E-state index in [0.29, 0.717) is 0 Å². The van der Waals surface area contributed by atoms with Crippen molar-refractivity contribution in [1.82, 2.24) is 0 Å². The lowest BCUT2D eigenvalue weighted by Crippen LogP contribution is -2.36. The van der Waals surface area contributed by atoms with E-state index in [1.807, 2.05) is 0 Å². The smallest absolute Gasteiger partial charge is 0.321 e. The Morgan fingerprint density at radius 3 is 2.00 bits per heavy atom. The first kappa shape index (κ1) is 12.9. The number of nitrogens with two attached hydrogens (primary N) is 1. The molecule has 1 unspecified atom stereocenters. The quantitative estimate of drug-likeness (QED) is 0.414. The lowest BCUT2D eigenvalue weighted by Gasteiger charge is -2.01. The van der Waals surface area contributed by atoms with Gasteiger partial charge in [-0.05, 0) is 0 Å². The SMILES string of the molecule is NC(CS(=O)(=O)O)C(=O)O.O. The second-order valence-corrected chi connectivity index (χ2v) is 3.19. The van der Waals surface area contributed by atoms with Crippen LogP contribution in [0, 0.1) is 0 Å². The molecule has 8 heteroatoms. The Kier molecular flexibility index (Phi) is 4.98. The summed E-state index contributed by atoms with van der Waals surface area (Å²) in [7, 11) is -4.27. The maximum Gasteiger partial charge on any atom is 0.321 e. The van der Waals surface area contributed by atoms with E-state index >= 15 is 0 Å². The largest absolute Gasteiger partial charge is 0.480 e. The number of carbonyl (C=O) groups is 1. The Morgan fingerprint density at radius 2 is 1.91 bits per heavy atom. The molecule has 0 aliphatic carbocycles. The molecule has 0 aromatic carbocycles. The maximum atomic E-state index is 9.96. The van der Waals surface area contributed by atoms with E-state index in [9.17, 15) is 13.2 Å². The Hall–Kier alpha value is -0.700. The first-order chi connectivity index (χ1) is 4.33. The fourth-order valence-corrected chi connectivity index (χ4v) is 0.895. The minimum atomic E-state index is -4.27. The van der Waals surface area contributed by atoms with Gasteiger partial charge in [0.1, 0.15) is 11.8 Å². The van der Waals surface area contributed by atoms with Gasteiger partial charge in [0.25, 0.3) is 10.1 Å². The van der Waals surface area contributed by atoms with E-state index in [-0.39, 0.29) is 5.48 Å². The first-order valence-corrected chi connectivity index (χ1v) is 3.87. The van der Waals surface area contributed by atoms with Gasteiger partial charge in [0.2, 0.25) is 0 Å². The number of carboxylic acid groups (broad SMARTS) is 1. The molecule has 7 nitrogen and oxygen atoms in total. The van der Waals surface area contributed by atoms with Crippen LogP contribution < -0.4 is 5.73 Å². The molecular formula is C3H9NO6S. The van der Waals surface area contributed by atoms with Crippen LogP contribution in [0.2, 0.25) is 0 Å². The third-order valence-corrected chi connectivity index (χ3v) is 1.49. The summed E-state index contributed by atoms with van der Waals surface area (Å²) in [4.78, 5) is 9.88. The van der Waals surface area contributed by atoms with E-state index in [2.05, 4.69) is 0 Å². The molecule has 0 aromatic rings. The molecule has 0 aliphatic heterocycles. The van der Waals surface area contributed by atoms with Crippen LogP contribution in [-0.4, -0.2) is 41.3 Å². The third kappa shape index (κ3) is 7.19. The lowest BCUT2D eigenvalue weighted by molar-refractivity contribution is -0.138. The van der Waals surface area contributed by atoms with Gasteiger partial charge in [0.05, 0.1) is 0 Å². The highest BCUT2D eigenvalue weighted by Crippen LogP contribution is 1.86. The third-order valence-electron chi connectivity index (χ3n) is 0.707. The fraction of sp³-hybridized carbons (Fsp3) is 0.667. The Balaban J connectivity index is 0. The molecule has 0 saturated heterocycles. The van der Waals surface area contributed by atoms with Crippen molar-refractivity contribution in [3.63, 3.8) is 0 Å². The summed E-state index contributed by atoms with van der Waals surface area (Å²) in [5, 5.41) is 8.04. The van der Waals surface area contributed by atoms with Crippen LogP contribution in [0.5, 0.6) is 0 Å². The molecule has 11 heavy (non-hydrogen) atoms. The zero-order valence-corrected chi connectivity index (χ0v) is 6.21. The van der Waals surface area contributed by atoms with E-state index in [1.54, 1.807) is 0 Å². The van der Waals surface area contributed by atoms with Gasteiger partial charge in [-0.15, -0.1) is 0 Å². The fourth-order valence-electron chi connectivity index (χ4n) is 0.298. The lowest BCUT2D eigenvalue weighted by atomic mass is 10.4. The summed E-state index contributed by atoms with van der Waals surface area (Å²) < 4.78 is 28.0. The minimum Gasteiger partial charge on any atom is -0.480 e. The van der Waals surface area contributed by atoms with Crippen LogP contribution in [0.1, 0.15) is 0 Å². The summed E-state index contributed by atoms with van der Waals surface area (Å²) in [6.45, 7) is 0. The molecular weight excluding hydrogens is 178 g/mol. The van der Waals surface area contributed by atoms with Crippen molar-refractivity contribution in [3.8, 4) is 0 Å². The van der Waals surface area contributed by atoms with Gasteiger partial charge in [-0.3, -0.25) is 9.35 Å². The predicted molar refractivity (Wildman–Crippen MR) is 35.6 cm³/mol. The van der Waals surface area contributed by atoms with Gasteiger partial charge in [-0.1, -0.05) is 0 Å². The molecule has 0 fully saturated rings. The molecule has 68 valence electrons. The van der Waals surface area contributed by atoms with Crippen molar-refractivity contribution < 1.29 is 28.3 Å². The summed E-state index contributed by atoms with van der Waals surface area (Å²) in [6, 6.07) is -1.56. The average molecular weight is 187 g/mol. The topological polar surface area (TPSA) is 149 Å². The highest BCUT2D eigenvalue weighted by Gasteiger charge is 2.18. The summed E-state index contributed by atoms with van der Waals surface area (Å²) in [6.07, 6.45) is 0. The molecule has 0 saturated carbocycles. The summed E-state index contributed by atoms with van der Waals surface area (Å²) >= 11 is 0. The number of rotatable bonds is 3. The highest BCUT2D eigenvalue weighted by molar-refractivity contribution is 7.85. The second kappa shape index (κ2) is 4.23. The van der Waals surface area contributed by atoms with E-state index in [0.717, 1.165) is 0 Å². The van der Waals surface area contributed by atoms with E-state index in [1.165, 1.54) is 0 Å². The number of aliphatic carboxylic acids is 1. The zero-order chi connectivity index (χ0) is 8.36. The standard InChI is InChI=1S/C3H7NO5S.H2O/c4-2(3(5)6)1-10(7,8)9;/h2H,1,4H2,(H,5,6)(H,7,8,9);1H2. The van der Waals surface area contributed by atoms with Gasteiger partial charge in [0.15, 0.2) is 0 Å². The van der Waals surface area contributed by atoms with Gasteiger partial charge < -0.3 is 16.3 Å². The van der Waals surface area contributed by atoms with Crippen LogP contribution in [0.4, 0.5) is 0 Å². The molecule has 0 spiro atoms. The van der Waals surface area contributed by atoms with Crippen LogP contribution in [0.3, 0.4) is 0 Å². The van der Waals surface area contributed by atoms with Crippen LogP contribution in [0.25, 0.3) is 0 Å². The van der Waals surface area contributed by atoms with E-state index in [4.69, 9.17) is 15.4 Å². The number of carboxylic acids is 1. The predicted octanol–water partition coefficient (Wildman–Crippen LogP) is -2.54. The van der Waals surface area contributed by atoms with Crippen molar-refractivity contribution >= 4 is 16.1 Å². The Bertz CT molecular complexity index is 220. The molecule has 0 radical (unpaired) electrons. The second-order valence-electron chi connectivity index (χ2n) is 1.69. The molecule has 1 atom stereocenters.